The van der Waals surface area contributed by atoms with E-state index in [4.69, 9.17) is 0 Å². The number of likely N-dealkylation sites (tertiary alicyclic amines) is 1. The quantitative estimate of drug-likeness (QED) is 0.748. The van der Waals surface area contributed by atoms with Crippen LogP contribution in [0.5, 0.6) is 5.75 Å². The molecule has 0 aliphatic carbocycles. The van der Waals surface area contributed by atoms with E-state index in [1.165, 1.54) is 17.0 Å². The zero-order valence-corrected chi connectivity index (χ0v) is 14.8. The van der Waals surface area contributed by atoms with Crippen molar-refractivity contribution in [3.8, 4) is 5.75 Å². The number of nitrogens with one attached hydrogen (secondary N) is 1. The van der Waals surface area contributed by atoms with E-state index in [0.29, 0.717) is 5.56 Å². The molecule has 0 spiro atoms. The summed E-state index contributed by atoms with van der Waals surface area (Å²) in [6.45, 7) is 2.27. The summed E-state index contributed by atoms with van der Waals surface area (Å²) >= 11 is 0. The van der Waals surface area contributed by atoms with Crippen molar-refractivity contribution < 1.29 is 24.6 Å². The highest BCUT2D eigenvalue weighted by molar-refractivity contribution is 5.97. The molecule has 2 aromatic rings. The summed E-state index contributed by atoms with van der Waals surface area (Å²) in [5.41, 5.74) is 1.70. The maximum Gasteiger partial charge on any atom is 0.336 e. The molecular weight excluding hydrogens is 348 g/mol. The Labute approximate surface area is 156 Å². The summed E-state index contributed by atoms with van der Waals surface area (Å²) in [5.74, 6) is -1.76. The Kier molecular flexibility index (Phi) is 5.12. The first-order chi connectivity index (χ1) is 12.8. The van der Waals surface area contributed by atoms with E-state index in [2.05, 4.69) is 5.32 Å². The number of carbonyl (C=O) groups excluding carboxylic acids is 2. The van der Waals surface area contributed by atoms with E-state index < -0.39 is 17.9 Å². The van der Waals surface area contributed by atoms with E-state index in [9.17, 15) is 24.6 Å². The van der Waals surface area contributed by atoms with Gasteiger partial charge in [0.05, 0.1) is 17.2 Å². The molecule has 1 saturated heterocycles. The minimum Gasteiger partial charge on any atom is -0.507 e. The molecule has 7 nitrogen and oxygen atoms in total. The van der Waals surface area contributed by atoms with Crippen LogP contribution in [0.2, 0.25) is 0 Å². The van der Waals surface area contributed by atoms with Crippen LogP contribution in [0.4, 0.5) is 0 Å². The van der Waals surface area contributed by atoms with Crippen LogP contribution in [-0.2, 0) is 11.3 Å². The van der Waals surface area contributed by atoms with Crippen LogP contribution in [0, 0.1) is 6.92 Å². The number of rotatable bonds is 5. The molecule has 1 fully saturated rings. The zero-order valence-electron chi connectivity index (χ0n) is 14.8. The summed E-state index contributed by atoms with van der Waals surface area (Å²) in [7, 11) is 0. The van der Waals surface area contributed by atoms with Gasteiger partial charge in [0.15, 0.2) is 0 Å². The van der Waals surface area contributed by atoms with Crippen molar-refractivity contribution in [2.45, 2.75) is 25.9 Å². The summed E-state index contributed by atoms with van der Waals surface area (Å²) in [6, 6.07) is 10.9. The van der Waals surface area contributed by atoms with Gasteiger partial charge in [-0.25, -0.2) is 4.79 Å². The molecule has 1 aliphatic rings. The summed E-state index contributed by atoms with van der Waals surface area (Å²) in [6.07, 6.45) is 0.132. The molecule has 7 heteroatoms. The largest absolute Gasteiger partial charge is 0.507 e. The fraction of sp³-hybridized carbons (Fsp3) is 0.250. The van der Waals surface area contributed by atoms with Gasteiger partial charge in [0.25, 0.3) is 5.91 Å². The van der Waals surface area contributed by atoms with Crippen molar-refractivity contribution in [1.82, 2.24) is 10.2 Å². The predicted octanol–water partition coefficient (Wildman–Crippen LogP) is 1.93. The molecule has 3 N–H and O–H groups in total. The highest BCUT2D eigenvalue weighted by atomic mass is 16.4. The van der Waals surface area contributed by atoms with Gasteiger partial charge in [-0.05, 0) is 30.7 Å². The topological polar surface area (TPSA) is 107 Å². The Bertz CT molecular complexity index is 909. The maximum atomic E-state index is 12.4. The average molecular weight is 368 g/mol. The van der Waals surface area contributed by atoms with Gasteiger partial charge in [-0.3, -0.25) is 9.59 Å². The number of carboxylic acid groups (broad SMARTS) is 1. The van der Waals surface area contributed by atoms with Gasteiger partial charge < -0.3 is 20.4 Å². The van der Waals surface area contributed by atoms with Gasteiger partial charge >= 0.3 is 5.97 Å². The molecule has 0 bridgehead atoms. The lowest BCUT2D eigenvalue weighted by atomic mass is 10.1. The Morgan fingerprint density at radius 2 is 1.93 bits per heavy atom. The van der Waals surface area contributed by atoms with Crippen molar-refractivity contribution >= 4 is 17.8 Å². The molecule has 1 unspecified atom stereocenters. The summed E-state index contributed by atoms with van der Waals surface area (Å²) < 4.78 is 0. The second-order valence-corrected chi connectivity index (χ2v) is 6.63. The van der Waals surface area contributed by atoms with Crippen molar-refractivity contribution in [1.29, 1.82) is 0 Å². The number of carboxylic acids is 1. The third-order valence-electron chi connectivity index (χ3n) is 4.56. The van der Waals surface area contributed by atoms with Crippen LogP contribution in [0.25, 0.3) is 0 Å². The zero-order chi connectivity index (χ0) is 19.6. The summed E-state index contributed by atoms with van der Waals surface area (Å²) in [4.78, 5) is 37.5. The van der Waals surface area contributed by atoms with Gasteiger partial charge in [-0.1, -0.05) is 29.8 Å². The first kappa shape index (κ1) is 18.4. The van der Waals surface area contributed by atoms with Crippen molar-refractivity contribution in [3.63, 3.8) is 0 Å². The Morgan fingerprint density at radius 1 is 1.19 bits per heavy atom. The molecule has 1 heterocycles. The molecule has 2 aromatic carbocycles. The number of benzene rings is 2. The molecular formula is C20H20N2O5. The molecule has 0 saturated carbocycles. The summed E-state index contributed by atoms with van der Waals surface area (Å²) in [5, 5.41) is 21.9. The Balaban J connectivity index is 1.68. The first-order valence-electron chi connectivity index (χ1n) is 8.54. The minimum atomic E-state index is -1.04. The number of aromatic hydroxyl groups is 1. The SMILES string of the molecule is Cc1ccc(O)c(C(=O)NC2CC(=O)N(Cc3ccccc3C(=O)O)C2)c1. The van der Waals surface area contributed by atoms with Crippen LogP contribution in [-0.4, -0.2) is 45.5 Å². The molecule has 0 radical (unpaired) electrons. The standard InChI is InChI=1S/C20H20N2O5/c1-12-6-7-17(23)16(8-12)19(25)21-14-9-18(24)22(11-14)10-13-4-2-3-5-15(13)20(26)27/h2-8,14,23H,9-11H2,1H3,(H,21,25)(H,26,27). The number of hydrogen-bond acceptors (Lipinski definition) is 4. The van der Waals surface area contributed by atoms with E-state index >= 15 is 0 Å². The van der Waals surface area contributed by atoms with Crippen LogP contribution >= 0.6 is 0 Å². The third kappa shape index (κ3) is 4.08. The molecule has 1 aliphatic heterocycles. The molecule has 27 heavy (non-hydrogen) atoms. The van der Waals surface area contributed by atoms with E-state index in [1.807, 2.05) is 6.92 Å². The van der Waals surface area contributed by atoms with Gasteiger partial charge in [0.1, 0.15) is 5.75 Å². The third-order valence-corrected chi connectivity index (χ3v) is 4.56. The van der Waals surface area contributed by atoms with Crippen molar-refractivity contribution in [2.75, 3.05) is 6.54 Å². The number of aromatic carboxylic acids is 1. The molecule has 1 atom stereocenters. The number of phenolic OH excluding ortho intramolecular Hbond substituents is 1. The molecule has 140 valence electrons. The normalized spacial score (nSPS) is 16.4. The molecule has 2 amide bonds. The number of aryl methyl sites for hydroxylation is 1. The van der Waals surface area contributed by atoms with E-state index in [0.717, 1.165) is 5.56 Å². The highest BCUT2D eigenvalue weighted by Crippen LogP contribution is 2.21. The van der Waals surface area contributed by atoms with Crippen LogP contribution in [0.1, 0.15) is 38.3 Å². The van der Waals surface area contributed by atoms with Crippen molar-refractivity contribution in [3.05, 3.63) is 64.7 Å². The average Bonchev–Trinajstić information content (AvgIpc) is 2.96. The lowest BCUT2D eigenvalue weighted by Crippen LogP contribution is -2.37. The van der Waals surface area contributed by atoms with Gasteiger partial charge in [0, 0.05) is 19.5 Å². The first-order valence-corrected chi connectivity index (χ1v) is 8.54. The maximum absolute atomic E-state index is 12.4. The second-order valence-electron chi connectivity index (χ2n) is 6.63. The minimum absolute atomic E-state index is 0.116. The number of phenols is 1. The lowest BCUT2D eigenvalue weighted by molar-refractivity contribution is -0.128. The van der Waals surface area contributed by atoms with Gasteiger partial charge in [-0.2, -0.15) is 0 Å². The van der Waals surface area contributed by atoms with E-state index in [-0.39, 0.29) is 42.3 Å². The fourth-order valence-corrected chi connectivity index (χ4v) is 3.19. The smallest absolute Gasteiger partial charge is 0.336 e. The van der Waals surface area contributed by atoms with Crippen LogP contribution < -0.4 is 5.32 Å². The lowest BCUT2D eigenvalue weighted by Gasteiger charge is -2.18. The van der Waals surface area contributed by atoms with Crippen LogP contribution in [0.3, 0.4) is 0 Å². The number of hydrogen-bond donors (Lipinski definition) is 3. The van der Waals surface area contributed by atoms with Gasteiger partial charge in [-0.15, -0.1) is 0 Å². The fourth-order valence-electron chi connectivity index (χ4n) is 3.19. The van der Waals surface area contributed by atoms with Gasteiger partial charge in [0.2, 0.25) is 5.91 Å². The number of nitrogens with zero attached hydrogens (tertiary/aromatic N) is 1. The number of carbonyl (C=O) groups is 3. The highest BCUT2D eigenvalue weighted by Gasteiger charge is 2.31. The van der Waals surface area contributed by atoms with Crippen LogP contribution in [0.15, 0.2) is 42.5 Å². The molecule has 3 rings (SSSR count). The predicted molar refractivity (Wildman–Crippen MR) is 97.5 cm³/mol. The Hall–Kier alpha value is -3.35. The second kappa shape index (κ2) is 7.49. The molecule has 0 aromatic heterocycles. The number of amides is 2. The van der Waals surface area contributed by atoms with E-state index in [1.54, 1.807) is 30.3 Å². The Morgan fingerprint density at radius 3 is 2.67 bits per heavy atom. The van der Waals surface area contributed by atoms with Crippen molar-refractivity contribution in [2.24, 2.45) is 0 Å². The monoisotopic (exact) mass is 368 g/mol.